The second-order valence-electron chi connectivity index (χ2n) is 11.3. The Hall–Kier alpha value is -4.03. The molecule has 3 heterocycles. The molecule has 0 bridgehead atoms. The normalized spacial score (nSPS) is 14.3. The van der Waals surface area contributed by atoms with Crippen molar-refractivity contribution in [3.63, 3.8) is 0 Å². The summed E-state index contributed by atoms with van der Waals surface area (Å²) in [5.74, 6) is -1.67. The van der Waals surface area contributed by atoms with Crippen LogP contribution in [0.3, 0.4) is 0 Å². The maximum Gasteiger partial charge on any atom is 0.344 e. The molecule has 2 aromatic heterocycles. The van der Waals surface area contributed by atoms with Gasteiger partial charge >= 0.3 is 11.6 Å². The highest BCUT2D eigenvalue weighted by atomic mass is 32.2. The van der Waals surface area contributed by atoms with E-state index in [1.54, 1.807) is 24.5 Å². The van der Waals surface area contributed by atoms with Crippen LogP contribution in [0.15, 0.2) is 58.0 Å². The minimum atomic E-state index is -4.17. The zero-order valence-electron chi connectivity index (χ0n) is 24.6. The molecule has 11 nitrogen and oxygen atoms in total. The molecule has 0 radical (unpaired) electrons. The molecule has 43 heavy (non-hydrogen) atoms. The maximum absolute atomic E-state index is 13.1. The number of hydrogen-bond acceptors (Lipinski definition) is 8. The lowest BCUT2D eigenvalue weighted by atomic mass is 9.87. The molecule has 1 aromatic carbocycles. The predicted octanol–water partition coefficient (Wildman–Crippen LogP) is 4.61. The van der Waals surface area contributed by atoms with E-state index in [4.69, 9.17) is 14.1 Å². The molecule has 0 unspecified atom stereocenters. The van der Waals surface area contributed by atoms with Crippen molar-refractivity contribution >= 4 is 44.2 Å². The molecule has 0 fully saturated rings. The molecular formula is C31H37N3O8S. The molecule has 0 saturated carbocycles. The fourth-order valence-corrected chi connectivity index (χ4v) is 6.09. The van der Waals surface area contributed by atoms with E-state index in [2.05, 4.69) is 29.8 Å². The molecule has 2 N–H and O–H groups in total. The predicted molar refractivity (Wildman–Crippen MR) is 165 cm³/mol. The fourth-order valence-electron chi connectivity index (χ4n) is 5.60. The lowest BCUT2D eigenvalue weighted by Gasteiger charge is -2.43. The summed E-state index contributed by atoms with van der Waals surface area (Å²) in [5.41, 5.74) is 3.73. The Morgan fingerprint density at radius 2 is 1.70 bits per heavy atom. The van der Waals surface area contributed by atoms with Crippen LogP contribution < -0.4 is 10.5 Å². The van der Waals surface area contributed by atoms with E-state index in [1.165, 1.54) is 4.90 Å². The van der Waals surface area contributed by atoms with Crippen LogP contribution in [-0.4, -0.2) is 70.8 Å². The Kier molecular flexibility index (Phi) is 9.71. The molecule has 4 rings (SSSR count). The van der Waals surface area contributed by atoms with Crippen LogP contribution in [0, 0.1) is 0 Å². The number of pyridine rings is 1. The van der Waals surface area contributed by atoms with Crippen molar-refractivity contribution in [1.82, 2.24) is 9.88 Å². The molecule has 0 atom stereocenters. The number of amides is 1. The third-order valence-electron chi connectivity index (χ3n) is 7.60. The first kappa shape index (κ1) is 31.9. The number of carboxylic acids is 1. The lowest BCUT2D eigenvalue weighted by Crippen LogP contribution is -2.46. The average molecular weight is 612 g/mol. The van der Waals surface area contributed by atoms with Gasteiger partial charge in [0.05, 0.1) is 16.9 Å². The van der Waals surface area contributed by atoms with Crippen LogP contribution >= 0.6 is 0 Å². The van der Waals surface area contributed by atoms with Crippen molar-refractivity contribution in [2.75, 3.05) is 30.3 Å². The van der Waals surface area contributed by atoms with E-state index < -0.39 is 33.0 Å². The highest BCUT2D eigenvalue weighted by Gasteiger charge is 2.32. The summed E-state index contributed by atoms with van der Waals surface area (Å²) in [4.78, 5) is 44.6. The first-order chi connectivity index (χ1) is 20.2. The molecule has 0 spiro atoms. The molecule has 0 aliphatic carbocycles. The van der Waals surface area contributed by atoms with Gasteiger partial charge in [-0.2, -0.15) is 8.42 Å². The van der Waals surface area contributed by atoms with Gasteiger partial charge in [0.1, 0.15) is 5.58 Å². The molecule has 1 aliphatic rings. The molecule has 230 valence electrons. The van der Waals surface area contributed by atoms with Crippen molar-refractivity contribution < 1.29 is 32.1 Å². The number of anilines is 1. The van der Waals surface area contributed by atoms with Crippen LogP contribution in [0.1, 0.15) is 58.4 Å². The largest absolute Gasteiger partial charge is 0.481 e. The number of hydrogen-bond donors (Lipinski definition) is 2. The average Bonchev–Trinajstić information content (AvgIpc) is 2.92. The first-order valence-corrected chi connectivity index (χ1v) is 15.8. The van der Waals surface area contributed by atoms with Gasteiger partial charge in [-0.3, -0.25) is 19.1 Å². The summed E-state index contributed by atoms with van der Waals surface area (Å²) < 4.78 is 37.1. The van der Waals surface area contributed by atoms with Gasteiger partial charge in [-0.1, -0.05) is 6.08 Å². The van der Waals surface area contributed by atoms with Gasteiger partial charge in [-0.15, -0.1) is 0 Å². The second kappa shape index (κ2) is 13.1. The Balaban J connectivity index is 1.54. The van der Waals surface area contributed by atoms with Crippen molar-refractivity contribution in [2.24, 2.45) is 0 Å². The van der Waals surface area contributed by atoms with Crippen LogP contribution in [-0.2, 0) is 19.7 Å². The lowest BCUT2D eigenvalue weighted by molar-refractivity contribution is -0.138. The molecule has 1 aliphatic heterocycles. The number of allylic oxidation sites excluding steroid dienone is 1. The highest BCUT2D eigenvalue weighted by Crippen LogP contribution is 2.41. The summed E-state index contributed by atoms with van der Waals surface area (Å²) >= 11 is 0. The van der Waals surface area contributed by atoms with E-state index in [-0.39, 0.29) is 44.7 Å². The van der Waals surface area contributed by atoms with E-state index >= 15 is 0 Å². The SMILES string of the molecule is CC1=CC(C)(C)N(CCCC(=O)N(CCCC(=O)O)CCCS(=O)(=O)O)c2cc3oc(=O)c(-c4ccncc4)cc3cc21. The number of carbonyl (C=O) groups excluding carboxylic acids is 1. The molecule has 1 amide bonds. The molecule has 3 aromatic rings. The third-order valence-corrected chi connectivity index (χ3v) is 8.40. The summed E-state index contributed by atoms with van der Waals surface area (Å²) in [5, 5.41) is 9.76. The van der Waals surface area contributed by atoms with Gasteiger partial charge < -0.3 is 19.3 Å². The Morgan fingerprint density at radius 1 is 1.02 bits per heavy atom. The van der Waals surface area contributed by atoms with Crippen LogP contribution in [0.2, 0.25) is 0 Å². The van der Waals surface area contributed by atoms with Crippen molar-refractivity contribution in [3.05, 3.63) is 64.8 Å². The highest BCUT2D eigenvalue weighted by molar-refractivity contribution is 7.85. The van der Waals surface area contributed by atoms with Crippen molar-refractivity contribution in [1.29, 1.82) is 0 Å². The summed E-state index contributed by atoms with van der Waals surface area (Å²) in [7, 11) is -4.17. The monoisotopic (exact) mass is 611 g/mol. The van der Waals surface area contributed by atoms with Crippen LogP contribution in [0.25, 0.3) is 27.7 Å². The standard InChI is InChI=1S/C31H37N3O8S/c1-21-20-31(2,3)34(15-4-7-28(35)33(13-5-8-29(36)37)14-6-16-43(39,40)41)26-19-27-23(17-24(21)26)18-25(30(38)42-27)22-9-11-32-12-10-22/h9-12,17-20H,4-8,13-16H2,1-3H3,(H,36,37)(H,39,40,41). The summed E-state index contributed by atoms with van der Waals surface area (Å²) in [6, 6.07) is 9.23. The number of carboxylic acid groups (broad SMARTS) is 1. The number of rotatable bonds is 13. The third kappa shape index (κ3) is 8.08. The van der Waals surface area contributed by atoms with Crippen LogP contribution in [0.4, 0.5) is 5.69 Å². The van der Waals surface area contributed by atoms with Gasteiger partial charge in [-0.05, 0) is 75.4 Å². The number of carbonyl (C=O) groups is 2. The number of aromatic nitrogens is 1. The van der Waals surface area contributed by atoms with Crippen molar-refractivity contribution in [3.8, 4) is 11.1 Å². The fraction of sp³-hybridized carbons (Fsp3) is 0.419. The quantitative estimate of drug-likeness (QED) is 0.207. The minimum absolute atomic E-state index is 0.0510. The van der Waals surface area contributed by atoms with Gasteiger partial charge in [-0.25, -0.2) is 4.79 Å². The summed E-state index contributed by atoms with van der Waals surface area (Å²) in [6.45, 7) is 6.98. The molecule has 12 heteroatoms. The smallest absolute Gasteiger partial charge is 0.344 e. The second-order valence-corrected chi connectivity index (χ2v) is 12.9. The Labute approximate surface area is 250 Å². The van der Waals surface area contributed by atoms with Crippen molar-refractivity contribution in [2.45, 2.75) is 58.4 Å². The van der Waals surface area contributed by atoms with E-state index in [0.29, 0.717) is 24.1 Å². The first-order valence-electron chi connectivity index (χ1n) is 14.2. The van der Waals surface area contributed by atoms with E-state index in [9.17, 15) is 22.8 Å². The number of nitrogens with zero attached hydrogens (tertiary/aromatic N) is 3. The van der Waals surface area contributed by atoms with E-state index in [1.807, 2.05) is 25.1 Å². The van der Waals surface area contributed by atoms with Gasteiger partial charge in [0.15, 0.2) is 0 Å². The zero-order chi connectivity index (χ0) is 31.4. The van der Waals surface area contributed by atoms with Gasteiger partial charge in [0.25, 0.3) is 10.1 Å². The maximum atomic E-state index is 13.1. The molecular weight excluding hydrogens is 574 g/mol. The van der Waals surface area contributed by atoms with E-state index in [0.717, 1.165) is 27.8 Å². The number of aliphatic carboxylic acids is 1. The summed E-state index contributed by atoms with van der Waals surface area (Å²) in [6.07, 6.45) is 6.24. The molecule has 0 saturated heterocycles. The van der Waals surface area contributed by atoms with Crippen LogP contribution in [0.5, 0.6) is 0 Å². The zero-order valence-corrected chi connectivity index (χ0v) is 25.4. The Bertz CT molecular complexity index is 1700. The van der Waals surface area contributed by atoms with Gasteiger partial charge in [0.2, 0.25) is 5.91 Å². The topological polar surface area (TPSA) is 158 Å². The minimum Gasteiger partial charge on any atom is -0.481 e. The number of benzene rings is 1. The van der Waals surface area contributed by atoms with Gasteiger partial charge in [0, 0.05) is 67.6 Å². The Morgan fingerprint density at radius 3 is 2.37 bits per heavy atom. The number of fused-ring (bicyclic) bond motifs is 2.